The monoisotopic (exact) mass is 309 g/mol. The number of benzene rings is 2. The molecule has 0 amide bonds. The van der Waals surface area contributed by atoms with Crippen molar-refractivity contribution in [3.63, 3.8) is 0 Å². The first kappa shape index (κ1) is 15.1. The Bertz CT molecular complexity index is 649. The van der Waals surface area contributed by atoms with E-state index in [2.05, 4.69) is 5.32 Å². The Morgan fingerprint density at radius 2 is 2.10 bits per heavy atom. The van der Waals surface area contributed by atoms with E-state index < -0.39 is 11.8 Å². The van der Waals surface area contributed by atoms with Crippen molar-refractivity contribution in [1.82, 2.24) is 0 Å². The quantitative estimate of drug-likeness (QED) is 0.799. The van der Waals surface area contributed by atoms with Crippen LogP contribution in [0.4, 0.5) is 10.1 Å². The molecule has 0 saturated heterocycles. The molecule has 0 unspecified atom stereocenters. The fraction of sp³-hybridized carbons (Fsp3) is 0.133. The highest BCUT2D eigenvalue weighted by Crippen LogP contribution is 2.19. The number of carbonyl (C=O) groups is 1. The third-order valence-electron chi connectivity index (χ3n) is 2.70. The maximum atomic E-state index is 13.0. The van der Waals surface area contributed by atoms with Gasteiger partial charge in [-0.05, 0) is 36.4 Å². The Labute approximate surface area is 126 Å². The molecule has 0 bridgehead atoms. The molecule has 2 rings (SSSR count). The van der Waals surface area contributed by atoms with Crippen LogP contribution in [0.25, 0.3) is 0 Å². The highest BCUT2D eigenvalue weighted by molar-refractivity contribution is 6.31. The molecule has 21 heavy (non-hydrogen) atoms. The van der Waals surface area contributed by atoms with E-state index in [0.717, 1.165) is 0 Å². The smallest absolute Gasteiger partial charge is 0.335 e. The van der Waals surface area contributed by atoms with Crippen LogP contribution in [0.5, 0.6) is 5.75 Å². The largest absolute Gasteiger partial charge is 0.492 e. The maximum absolute atomic E-state index is 13.0. The predicted molar refractivity (Wildman–Crippen MR) is 78.8 cm³/mol. The van der Waals surface area contributed by atoms with Crippen LogP contribution in [-0.2, 0) is 0 Å². The van der Waals surface area contributed by atoms with E-state index in [-0.39, 0.29) is 10.6 Å². The molecule has 110 valence electrons. The van der Waals surface area contributed by atoms with Gasteiger partial charge in [-0.2, -0.15) is 0 Å². The van der Waals surface area contributed by atoms with E-state index in [1.807, 2.05) is 0 Å². The van der Waals surface area contributed by atoms with E-state index in [1.54, 1.807) is 18.2 Å². The lowest BCUT2D eigenvalue weighted by Crippen LogP contribution is -2.11. The zero-order chi connectivity index (χ0) is 15.2. The molecule has 2 N–H and O–H groups in total. The van der Waals surface area contributed by atoms with Crippen LogP contribution in [0, 0.1) is 5.82 Å². The number of hydrogen-bond acceptors (Lipinski definition) is 3. The van der Waals surface area contributed by atoms with Crippen LogP contribution < -0.4 is 10.1 Å². The van der Waals surface area contributed by atoms with Crippen molar-refractivity contribution < 1.29 is 19.0 Å². The van der Waals surface area contributed by atoms with Crippen LogP contribution in [-0.4, -0.2) is 24.2 Å². The molecule has 4 nitrogen and oxygen atoms in total. The number of aromatic carboxylic acids is 1. The lowest BCUT2D eigenvalue weighted by Gasteiger charge is -2.09. The van der Waals surface area contributed by atoms with Crippen molar-refractivity contribution >= 4 is 23.3 Å². The van der Waals surface area contributed by atoms with Gasteiger partial charge in [0.25, 0.3) is 0 Å². The summed E-state index contributed by atoms with van der Waals surface area (Å²) in [5.74, 6) is -0.989. The highest BCUT2D eigenvalue weighted by atomic mass is 35.5. The van der Waals surface area contributed by atoms with Gasteiger partial charge < -0.3 is 15.2 Å². The maximum Gasteiger partial charge on any atom is 0.335 e. The number of hydrogen-bond donors (Lipinski definition) is 2. The van der Waals surface area contributed by atoms with E-state index in [1.165, 1.54) is 24.3 Å². The van der Waals surface area contributed by atoms with Crippen LogP contribution in [0.1, 0.15) is 10.4 Å². The molecule has 0 radical (unpaired) electrons. The molecule has 0 aliphatic rings. The van der Waals surface area contributed by atoms with Crippen LogP contribution >= 0.6 is 11.6 Å². The van der Waals surface area contributed by atoms with Crippen molar-refractivity contribution in [2.75, 3.05) is 18.5 Å². The molecule has 2 aromatic rings. The van der Waals surface area contributed by atoms with E-state index >= 15 is 0 Å². The molecule has 0 spiro atoms. The van der Waals surface area contributed by atoms with Gasteiger partial charge in [0.15, 0.2) is 0 Å². The second kappa shape index (κ2) is 6.95. The first-order valence-corrected chi connectivity index (χ1v) is 6.59. The zero-order valence-corrected chi connectivity index (χ0v) is 11.7. The minimum atomic E-state index is -1.00. The van der Waals surface area contributed by atoms with Gasteiger partial charge in [0.2, 0.25) is 0 Å². The van der Waals surface area contributed by atoms with Crippen molar-refractivity contribution in [3.05, 3.63) is 58.9 Å². The topological polar surface area (TPSA) is 58.6 Å². The zero-order valence-electron chi connectivity index (χ0n) is 11.0. The van der Waals surface area contributed by atoms with Crippen LogP contribution in [0.3, 0.4) is 0 Å². The normalized spacial score (nSPS) is 10.2. The van der Waals surface area contributed by atoms with Gasteiger partial charge in [-0.15, -0.1) is 0 Å². The van der Waals surface area contributed by atoms with E-state index in [4.69, 9.17) is 21.4 Å². The first-order chi connectivity index (χ1) is 10.1. The molecule has 0 heterocycles. The average Bonchev–Trinajstić information content (AvgIpc) is 2.47. The van der Waals surface area contributed by atoms with Crippen molar-refractivity contribution in [2.24, 2.45) is 0 Å². The van der Waals surface area contributed by atoms with Gasteiger partial charge in [0, 0.05) is 12.2 Å². The predicted octanol–water partition coefficient (Wildman–Crippen LogP) is 3.67. The Hall–Kier alpha value is -2.27. The summed E-state index contributed by atoms with van der Waals surface area (Å²) in [6.07, 6.45) is 0. The molecular formula is C15H13ClFNO3. The first-order valence-electron chi connectivity index (χ1n) is 6.21. The van der Waals surface area contributed by atoms with Crippen LogP contribution in [0.2, 0.25) is 5.02 Å². The fourth-order valence-corrected chi connectivity index (χ4v) is 1.87. The molecule has 0 aliphatic heterocycles. The number of ether oxygens (including phenoxy) is 1. The van der Waals surface area contributed by atoms with Gasteiger partial charge in [-0.1, -0.05) is 17.7 Å². The highest BCUT2D eigenvalue weighted by Gasteiger charge is 2.04. The Morgan fingerprint density at radius 3 is 2.81 bits per heavy atom. The second-order valence-corrected chi connectivity index (χ2v) is 4.64. The molecule has 0 aliphatic carbocycles. The third-order valence-corrected chi connectivity index (χ3v) is 2.99. The van der Waals surface area contributed by atoms with Gasteiger partial charge in [-0.3, -0.25) is 0 Å². The third kappa shape index (κ3) is 4.36. The van der Waals surface area contributed by atoms with E-state index in [9.17, 15) is 9.18 Å². The molecular weight excluding hydrogens is 297 g/mol. The summed E-state index contributed by atoms with van der Waals surface area (Å²) >= 11 is 5.67. The summed E-state index contributed by atoms with van der Waals surface area (Å²) in [5.41, 5.74) is 0.857. The minimum Gasteiger partial charge on any atom is -0.492 e. The number of nitrogens with one attached hydrogen (secondary N) is 1. The van der Waals surface area contributed by atoms with Gasteiger partial charge in [-0.25, -0.2) is 9.18 Å². The second-order valence-electron chi connectivity index (χ2n) is 4.24. The Kier molecular flexibility index (Phi) is 5.00. The molecule has 6 heteroatoms. The summed E-state index contributed by atoms with van der Waals surface area (Å²) in [6.45, 7) is 0.803. The lowest BCUT2D eigenvalue weighted by atomic mass is 10.2. The Morgan fingerprint density at radius 1 is 1.29 bits per heavy atom. The van der Waals surface area contributed by atoms with Gasteiger partial charge >= 0.3 is 5.97 Å². The number of anilines is 1. The SMILES string of the molecule is O=C(O)c1cccc(OCCNc2ccc(F)c(Cl)c2)c1. The summed E-state index contributed by atoms with van der Waals surface area (Å²) < 4.78 is 18.4. The summed E-state index contributed by atoms with van der Waals surface area (Å²) in [6, 6.07) is 10.6. The molecule has 2 aromatic carbocycles. The van der Waals surface area contributed by atoms with Gasteiger partial charge in [0.1, 0.15) is 18.2 Å². The Balaban J connectivity index is 1.83. The van der Waals surface area contributed by atoms with Crippen molar-refractivity contribution in [3.8, 4) is 5.75 Å². The number of carboxylic acids is 1. The molecule has 0 aromatic heterocycles. The molecule has 0 saturated carbocycles. The van der Waals surface area contributed by atoms with Crippen molar-refractivity contribution in [1.29, 1.82) is 0 Å². The standard InChI is InChI=1S/C15H13ClFNO3/c16-13-9-11(4-5-14(13)17)18-6-7-21-12-3-1-2-10(8-12)15(19)20/h1-5,8-9,18H,6-7H2,(H,19,20). The van der Waals surface area contributed by atoms with Crippen molar-refractivity contribution in [2.45, 2.75) is 0 Å². The number of halogens is 2. The lowest BCUT2D eigenvalue weighted by molar-refractivity contribution is 0.0696. The van der Waals surface area contributed by atoms with Crippen LogP contribution in [0.15, 0.2) is 42.5 Å². The summed E-state index contributed by atoms with van der Waals surface area (Å²) in [7, 11) is 0. The van der Waals surface area contributed by atoms with E-state index in [0.29, 0.717) is 24.6 Å². The fourth-order valence-electron chi connectivity index (χ4n) is 1.69. The number of carboxylic acid groups (broad SMARTS) is 1. The minimum absolute atomic E-state index is 0.0510. The summed E-state index contributed by atoms with van der Waals surface area (Å²) in [4.78, 5) is 10.8. The molecule has 0 atom stereocenters. The summed E-state index contributed by atoms with van der Waals surface area (Å²) in [5, 5.41) is 11.9. The average molecular weight is 310 g/mol. The number of rotatable bonds is 6. The molecule has 0 fully saturated rings. The van der Waals surface area contributed by atoms with Gasteiger partial charge in [0.05, 0.1) is 10.6 Å².